The summed E-state index contributed by atoms with van der Waals surface area (Å²) in [5.41, 5.74) is -1.40. The Labute approximate surface area is 161 Å². The summed E-state index contributed by atoms with van der Waals surface area (Å²) in [5, 5.41) is 12.3. The van der Waals surface area contributed by atoms with Crippen LogP contribution in [0.3, 0.4) is 0 Å². The van der Waals surface area contributed by atoms with Crippen LogP contribution < -0.4 is 0 Å². The van der Waals surface area contributed by atoms with Crippen molar-refractivity contribution in [2.45, 2.75) is 76.1 Å². The van der Waals surface area contributed by atoms with Crippen LogP contribution in [0.5, 0.6) is 0 Å². The fourth-order valence-corrected chi connectivity index (χ4v) is 10.2. The second kappa shape index (κ2) is 5.11. The van der Waals surface area contributed by atoms with E-state index in [1.54, 1.807) is 0 Å². The van der Waals surface area contributed by atoms with Gasteiger partial charge in [0.15, 0.2) is 0 Å². The molecule has 7 fully saturated rings. The monoisotopic (exact) mass is 372 g/mol. The lowest BCUT2D eigenvalue weighted by molar-refractivity contribution is -0.232. The van der Waals surface area contributed by atoms with Gasteiger partial charge in [0.2, 0.25) is 6.29 Å². The van der Waals surface area contributed by atoms with E-state index in [2.05, 4.69) is 0 Å². The average Bonchev–Trinajstić information content (AvgIpc) is 3.46. The predicted molar refractivity (Wildman–Crippen MR) is 97.3 cm³/mol. The molecule has 4 nitrogen and oxygen atoms in total. The number of hydrogen-bond donors (Lipinski definition) is 1. The molecular weight excluding hydrogens is 340 g/mol. The molecule has 4 heteroatoms. The first-order chi connectivity index (χ1) is 13.1. The smallest absolute Gasteiger partial charge is 0.317 e. The molecule has 6 saturated carbocycles. The third kappa shape index (κ3) is 1.66. The lowest BCUT2D eigenvalue weighted by Crippen LogP contribution is -2.64. The number of carbonyl (C=O) groups is 1. The van der Waals surface area contributed by atoms with Crippen LogP contribution in [0.4, 0.5) is 0 Å². The van der Waals surface area contributed by atoms with Gasteiger partial charge in [0, 0.05) is 6.42 Å². The van der Waals surface area contributed by atoms with E-state index in [1.807, 2.05) is 0 Å². The van der Waals surface area contributed by atoms with Crippen LogP contribution in [0.15, 0.2) is 0 Å². The van der Waals surface area contributed by atoms with Crippen LogP contribution in [-0.4, -0.2) is 29.6 Å². The van der Waals surface area contributed by atoms with Gasteiger partial charge < -0.3 is 14.6 Å². The van der Waals surface area contributed by atoms with E-state index in [-0.39, 0.29) is 12.3 Å². The minimum Gasteiger partial charge on any atom is -0.435 e. The third-order valence-corrected chi connectivity index (χ3v) is 10.6. The lowest BCUT2D eigenvalue weighted by Gasteiger charge is -2.55. The number of aliphatic hydroxyl groups is 1. The predicted octanol–water partition coefficient (Wildman–Crippen LogP) is 3.52. The molecule has 1 heterocycles. The van der Waals surface area contributed by atoms with Gasteiger partial charge in [-0.3, -0.25) is 4.79 Å². The molecular formula is C23H32O4. The number of rotatable bonds is 2. The Kier molecular flexibility index (Phi) is 3.07. The highest BCUT2D eigenvalue weighted by atomic mass is 16.7. The van der Waals surface area contributed by atoms with Gasteiger partial charge in [-0.1, -0.05) is 0 Å². The Balaban J connectivity index is 1.32. The van der Waals surface area contributed by atoms with Crippen LogP contribution >= 0.6 is 0 Å². The zero-order valence-corrected chi connectivity index (χ0v) is 16.1. The molecule has 0 radical (unpaired) electrons. The Morgan fingerprint density at radius 3 is 2.63 bits per heavy atom. The number of hydrogen-bond acceptors (Lipinski definition) is 4. The van der Waals surface area contributed by atoms with Crippen LogP contribution in [0.2, 0.25) is 0 Å². The number of fused-ring (bicyclic) bond motifs is 16. The van der Waals surface area contributed by atoms with Crippen molar-refractivity contribution < 1.29 is 19.4 Å². The van der Waals surface area contributed by atoms with Crippen molar-refractivity contribution in [3.8, 4) is 0 Å². The van der Waals surface area contributed by atoms with Crippen molar-refractivity contribution in [1.29, 1.82) is 0 Å². The Morgan fingerprint density at radius 2 is 1.78 bits per heavy atom. The molecule has 11 atom stereocenters. The van der Waals surface area contributed by atoms with Crippen molar-refractivity contribution >= 4 is 5.97 Å². The van der Waals surface area contributed by atoms with E-state index < -0.39 is 11.0 Å². The standard InChI is InChI=1S/C23H32O4/c24-21(27-17-3-1-2-8-26-17)22-11-16(18-12-4-5-13(9-12)20(18)22)19-14-6-7-15(10-14)23(19,22)25/h12-20,25H,1-11H2. The summed E-state index contributed by atoms with van der Waals surface area (Å²) in [6.45, 7) is 0.696. The van der Waals surface area contributed by atoms with E-state index in [4.69, 9.17) is 9.47 Å². The Bertz CT molecular complexity index is 686. The van der Waals surface area contributed by atoms with Gasteiger partial charge in [0.1, 0.15) is 5.41 Å². The summed E-state index contributed by atoms with van der Waals surface area (Å²) in [5.74, 6) is 4.40. The molecule has 0 aromatic heterocycles. The quantitative estimate of drug-likeness (QED) is 0.595. The van der Waals surface area contributed by atoms with E-state index in [9.17, 15) is 9.90 Å². The van der Waals surface area contributed by atoms with Crippen molar-refractivity contribution in [2.75, 3.05) is 6.61 Å². The van der Waals surface area contributed by atoms with Crippen LogP contribution in [0.1, 0.15) is 64.2 Å². The topological polar surface area (TPSA) is 55.8 Å². The first-order valence-corrected chi connectivity index (χ1v) is 11.7. The van der Waals surface area contributed by atoms with Crippen molar-refractivity contribution in [3.05, 3.63) is 0 Å². The van der Waals surface area contributed by atoms with Crippen LogP contribution in [0.25, 0.3) is 0 Å². The highest BCUT2D eigenvalue weighted by molar-refractivity contribution is 5.81. The maximum atomic E-state index is 13.9. The minimum atomic E-state index is -0.780. The zero-order chi connectivity index (χ0) is 18.0. The highest BCUT2D eigenvalue weighted by Crippen LogP contribution is 2.82. The maximum Gasteiger partial charge on any atom is 0.317 e. The van der Waals surface area contributed by atoms with E-state index >= 15 is 0 Å². The fourth-order valence-electron chi connectivity index (χ4n) is 10.2. The normalized spacial score (nSPS) is 62.0. The van der Waals surface area contributed by atoms with Gasteiger partial charge in [-0.15, -0.1) is 0 Å². The first-order valence-electron chi connectivity index (χ1n) is 11.7. The number of carbonyl (C=O) groups excluding carboxylic acids is 1. The summed E-state index contributed by atoms with van der Waals surface area (Å²) in [7, 11) is 0. The molecule has 1 N–H and O–H groups in total. The fraction of sp³-hybridized carbons (Fsp3) is 0.957. The summed E-state index contributed by atoms with van der Waals surface area (Å²) in [6, 6.07) is 0. The lowest BCUT2D eigenvalue weighted by atomic mass is 9.51. The zero-order valence-electron chi connectivity index (χ0n) is 16.1. The van der Waals surface area contributed by atoms with Gasteiger partial charge >= 0.3 is 5.97 Å². The summed E-state index contributed by atoms with van der Waals surface area (Å²) in [6.07, 6.45) is 11.0. The average molecular weight is 373 g/mol. The molecule has 1 aliphatic heterocycles. The molecule has 27 heavy (non-hydrogen) atoms. The van der Waals surface area contributed by atoms with Crippen LogP contribution in [-0.2, 0) is 14.3 Å². The van der Waals surface area contributed by atoms with E-state index in [0.717, 1.165) is 44.4 Å². The van der Waals surface area contributed by atoms with Crippen molar-refractivity contribution in [3.63, 3.8) is 0 Å². The van der Waals surface area contributed by atoms with Gasteiger partial charge in [-0.25, -0.2) is 0 Å². The Hall–Kier alpha value is -0.610. The molecule has 11 unspecified atom stereocenters. The van der Waals surface area contributed by atoms with Gasteiger partial charge in [0.05, 0.1) is 12.2 Å². The third-order valence-electron chi connectivity index (χ3n) is 10.6. The molecule has 0 spiro atoms. The largest absolute Gasteiger partial charge is 0.435 e. The molecule has 0 aromatic carbocycles. The van der Waals surface area contributed by atoms with E-state index in [1.165, 1.54) is 25.7 Å². The second-order valence-corrected chi connectivity index (χ2v) is 11.1. The molecule has 0 amide bonds. The number of ether oxygens (including phenoxy) is 2. The van der Waals surface area contributed by atoms with Crippen molar-refractivity contribution in [2.24, 2.45) is 52.8 Å². The van der Waals surface area contributed by atoms with Gasteiger partial charge in [-0.2, -0.15) is 0 Å². The number of esters is 1. The highest BCUT2D eigenvalue weighted by Gasteiger charge is 2.85. The molecule has 0 aromatic rings. The minimum absolute atomic E-state index is 0.0722. The summed E-state index contributed by atoms with van der Waals surface area (Å²) in [4.78, 5) is 13.9. The molecule has 1 saturated heterocycles. The SMILES string of the molecule is O=C(OC1CCCCO1)C12CC(C3C4CCC(C4)C31)C1C3CCC(C3)C12O. The molecule has 7 aliphatic rings. The van der Waals surface area contributed by atoms with Gasteiger partial charge in [-0.05, 0) is 105 Å². The molecule has 7 rings (SSSR count). The Morgan fingerprint density at radius 1 is 0.963 bits per heavy atom. The summed E-state index contributed by atoms with van der Waals surface area (Å²) >= 11 is 0. The molecule has 6 bridgehead atoms. The molecule has 6 aliphatic carbocycles. The van der Waals surface area contributed by atoms with Crippen molar-refractivity contribution in [1.82, 2.24) is 0 Å². The summed E-state index contributed by atoms with van der Waals surface area (Å²) < 4.78 is 11.8. The molecule has 148 valence electrons. The maximum absolute atomic E-state index is 13.9. The first kappa shape index (κ1) is 16.2. The van der Waals surface area contributed by atoms with Gasteiger partial charge in [0.25, 0.3) is 0 Å². The van der Waals surface area contributed by atoms with E-state index in [0.29, 0.717) is 48.0 Å². The second-order valence-electron chi connectivity index (χ2n) is 11.1. The van der Waals surface area contributed by atoms with Crippen LogP contribution in [0, 0.1) is 52.8 Å².